The van der Waals surface area contributed by atoms with E-state index < -0.39 is 11.9 Å². The molecule has 2 N–H and O–H groups in total. The summed E-state index contributed by atoms with van der Waals surface area (Å²) in [5, 5.41) is 0. The molecule has 134 valence electrons. The number of likely N-dealkylation sites (N-methyl/N-ethyl adjacent to an activating group) is 1. The number of nitrogens with zero attached hydrogens (tertiary/aromatic N) is 1. The second-order valence-electron chi connectivity index (χ2n) is 5.59. The number of hydrogen-bond acceptors (Lipinski definition) is 6. The number of ether oxygens (including phenoxy) is 2. The van der Waals surface area contributed by atoms with Gasteiger partial charge in [0, 0.05) is 12.2 Å². The molecule has 6 nitrogen and oxygen atoms in total. The molecule has 1 aromatic carbocycles. The van der Waals surface area contributed by atoms with Gasteiger partial charge in [0.25, 0.3) is 0 Å². The standard InChI is InChI=1S/C18H28N2O4/c1-5-13(4)24-18(22)15-9-8-14(19)12-16(15)17(21)23-11-10-20(6-2)7-3/h8-9,12-13H,5-7,10-11,19H2,1-4H3. The average molecular weight is 336 g/mol. The molecule has 24 heavy (non-hydrogen) atoms. The molecule has 1 rings (SSSR count). The average Bonchev–Trinajstić information content (AvgIpc) is 2.58. The molecule has 0 saturated heterocycles. The van der Waals surface area contributed by atoms with E-state index in [4.69, 9.17) is 15.2 Å². The third-order valence-electron chi connectivity index (χ3n) is 3.90. The van der Waals surface area contributed by atoms with Crippen LogP contribution in [0.2, 0.25) is 0 Å². The lowest BCUT2D eigenvalue weighted by Crippen LogP contribution is -2.28. The second-order valence-corrected chi connectivity index (χ2v) is 5.59. The fourth-order valence-corrected chi connectivity index (χ4v) is 2.12. The summed E-state index contributed by atoms with van der Waals surface area (Å²) in [5.41, 5.74) is 6.46. The third-order valence-corrected chi connectivity index (χ3v) is 3.90. The lowest BCUT2D eigenvalue weighted by Gasteiger charge is -2.18. The van der Waals surface area contributed by atoms with E-state index in [2.05, 4.69) is 4.90 Å². The Kier molecular flexibility index (Phi) is 8.26. The molecule has 0 bridgehead atoms. The van der Waals surface area contributed by atoms with Crippen LogP contribution >= 0.6 is 0 Å². The first-order valence-corrected chi connectivity index (χ1v) is 8.42. The van der Waals surface area contributed by atoms with Gasteiger partial charge in [-0.1, -0.05) is 20.8 Å². The van der Waals surface area contributed by atoms with E-state index in [9.17, 15) is 9.59 Å². The van der Waals surface area contributed by atoms with Gasteiger partial charge in [0.2, 0.25) is 0 Å². The largest absolute Gasteiger partial charge is 0.461 e. The van der Waals surface area contributed by atoms with Gasteiger partial charge in [-0.25, -0.2) is 9.59 Å². The number of nitrogen functional groups attached to an aromatic ring is 1. The number of carbonyl (C=O) groups excluding carboxylic acids is 2. The maximum atomic E-state index is 12.3. The van der Waals surface area contributed by atoms with Crippen molar-refractivity contribution in [1.82, 2.24) is 4.90 Å². The van der Waals surface area contributed by atoms with E-state index in [0.717, 1.165) is 13.1 Å². The Balaban J connectivity index is 2.83. The van der Waals surface area contributed by atoms with Gasteiger partial charge in [-0.2, -0.15) is 0 Å². The zero-order valence-electron chi connectivity index (χ0n) is 15.0. The van der Waals surface area contributed by atoms with Gasteiger partial charge >= 0.3 is 11.9 Å². The molecule has 0 amide bonds. The summed E-state index contributed by atoms with van der Waals surface area (Å²) in [4.78, 5) is 26.7. The van der Waals surface area contributed by atoms with Crippen LogP contribution in [-0.4, -0.2) is 49.2 Å². The Morgan fingerprint density at radius 1 is 1.12 bits per heavy atom. The molecule has 0 heterocycles. The van der Waals surface area contributed by atoms with Crippen molar-refractivity contribution in [3.8, 4) is 0 Å². The lowest BCUT2D eigenvalue weighted by molar-refractivity contribution is 0.0319. The molecule has 1 atom stereocenters. The highest BCUT2D eigenvalue weighted by Crippen LogP contribution is 2.17. The summed E-state index contributed by atoms with van der Waals surface area (Å²) in [7, 11) is 0. The number of rotatable bonds is 9. The maximum Gasteiger partial charge on any atom is 0.339 e. The first-order chi connectivity index (χ1) is 11.4. The molecular formula is C18H28N2O4. The van der Waals surface area contributed by atoms with Crippen LogP contribution in [0.3, 0.4) is 0 Å². The summed E-state index contributed by atoms with van der Waals surface area (Å²) in [6.07, 6.45) is 0.478. The summed E-state index contributed by atoms with van der Waals surface area (Å²) in [6.45, 7) is 10.5. The van der Waals surface area contributed by atoms with Crippen molar-refractivity contribution in [2.24, 2.45) is 0 Å². The minimum atomic E-state index is -0.564. The van der Waals surface area contributed by atoms with Crippen LogP contribution in [0.5, 0.6) is 0 Å². The Labute approximate surface area is 143 Å². The lowest BCUT2D eigenvalue weighted by atomic mass is 10.1. The van der Waals surface area contributed by atoms with Gasteiger partial charge in [-0.05, 0) is 44.6 Å². The van der Waals surface area contributed by atoms with Gasteiger partial charge in [0.1, 0.15) is 6.61 Å². The van der Waals surface area contributed by atoms with Gasteiger partial charge in [-0.15, -0.1) is 0 Å². The van der Waals surface area contributed by atoms with Gasteiger partial charge in [0.15, 0.2) is 0 Å². The Morgan fingerprint density at radius 2 is 1.79 bits per heavy atom. The number of nitrogens with two attached hydrogens (primary N) is 1. The second kappa shape index (κ2) is 9.93. The molecule has 0 aliphatic heterocycles. The number of anilines is 1. The SMILES string of the molecule is CCC(C)OC(=O)c1ccc(N)cc1C(=O)OCCN(CC)CC. The Bertz CT molecular complexity index is 556. The molecular weight excluding hydrogens is 308 g/mol. The Hall–Kier alpha value is -2.08. The minimum absolute atomic E-state index is 0.142. The maximum absolute atomic E-state index is 12.3. The Morgan fingerprint density at radius 3 is 2.38 bits per heavy atom. The molecule has 6 heteroatoms. The van der Waals surface area contributed by atoms with E-state index in [0.29, 0.717) is 18.7 Å². The van der Waals surface area contributed by atoms with Crippen molar-refractivity contribution in [1.29, 1.82) is 0 Å². The van der Waals surface area contributed by atoms with E-state index in [1.165, 1.54) is 12.1 Å². The van der Waals surface area contributed by atoms with Crippen molar-refractivity contribution in [2.75, 3.05) is 32.0 Å². The smallest absolute Gasteiger partial charge is 0.339 e. The summed E-state index contributed by atoms with van der Waals surface area (Å²) >= 11 is 0. The first kappa shape index (κ1) is 20.0. The van der Waals surface area contributed by atoms with Crippen LogP contribution in [0.4, 0.5) is 5.69 Å². The van der Waals surface area contributed by atoms with Gasteiger partial charge in [0.05, 0.1) is 17.2 Å². The van der Waals surface area contributed by atoms with Crippen LogP contribution < -0.4 is 5.73 Å². The van der Waals surface area contributed by atoms with Crippen molar-refractivity contribution in [3.05, 3.63) is 29.3 Å². The predicted octanol–water partition coefficient (Wildman–Crippen LogP) is 2.72. The number of benzene rings is 1. The topological polar surface area (TPSA) is 81.9 Å². The number of carbonyl (C=O) groups is 2. The van der Waals surface area contributed by atoms with Gasteiger partial charge in [-0.3, -0.25) is 0 Å². The molecule has 0 spiro atoms. The summed E-state index contributed by atoms with van der Waals surface area (Å²) < 4.78 is 10.6. The first-order valence-electron chi connectivity index (χ1n) is 8.42. The van der Waals surface area contributed by atoms with E-state index in [-0.39, 0.29) is 23.8 Å². The molecule has 0 saturated carbocycles. The predicted molar refractivity (Wildman–Crippen MR) is 94.1 cm³/mol. The molecule has 0 fully saturated rings. The highest BCUT2D eigenvalue weighted by Gasteiger charge is 2.21. The highest BCUT2D eigenvalue weighted by atomic mass is 16.5. The monoisotopic (exact) mass is 336 g/mol. The van der Waals surface area contributed by atoms with Crippen molar-refractivity contribution in [2.45, 2.75) is 40.2 Å². The summed E-state index contributed by atoms with van der Waals surface area (Å²) in [6, 6.07) is 4.52. The van der Waals surface area contributed by atoms with Crippen LogP contribution in [-0.2, 0) is 9.47 Å². The molecule has 1 unspecified atom stereocenters. The van der Waals surface area contributed by atoms with Crippen molar-refractivity contribution >= 4 is 17.6 Å². The minimum Gasteiger partial charge on any atom is -0.461 e. The van der Waals surface area contributed by atoms with Crippen molar-refractivity contribution in [3.63, 3.8) is 0 Å². The van der Waals surface area contributed by atoms with Crippen LogP contribution in [0.25, 0.3) is 0 Å². The van der Waals surface area contributed by atoms with Crippen LogP contribution in [0.1, 0.15) is 54.8 Å². The van der Waals surface area contributed by atoms with Crippen LogP contribution in [0.15, 0.2) is 18.2 Å². The third kappa shape index (κ3) is 5.85. The number of esters is 2. The van der Waals surface area contributed by atoms with E-state index >= 15 is 0 Å². The van der Waals surface area contributed by atoms with E-state index in [1.54, 1.807) is 13.0 Å². The highest BCUT2D eigenvalue weighted by molar-refractivity contribution is 6.03. The van der Waals surface area contributed by atoms with Gasteiger partial charge < -0.3 is 20.1 Å². The fourth-order valence-electron chi connectivity index (χ4n) is 2.12. The summed E-state index contributed by atoms with van der Waals surface area (Å²) in [5.74, 6) is -1.11. The zero-order chi connectivity index (χ0) is 18.1. The van der Waals surface area contributed by atoms with Crippen LogP contribution in [0, 0.1) is 0 Å². The van der Waals surface area contributed by atoms with Crippen molar-refractivity contribution < 1.29 is 19.1 Å². The molecule has 0 radical (unpaired) electrons. The van der Waals surface area contributed by atoms with E-state index in [1.807, 2.05) is 20.8 Å². The quantitative estimate of drug-likeness (QED) is 0.551. The molecule has 0 aromatic heterocycles. The zero-order valence-corrected chi connectivity index (χ0v) is 15.0. The fraction of sp³-hybridized carbons (Fsp3) is 0.556. The molecule has 0 aliphatic carbocycles. The molecule has 0 aliphatic rings. The number of hydrogen-bond donors (Lipinski definition) is 1. The normalized spacial score (nSPS) is 12.0. The molecule has 1 aromatic rings.